The number of hydrogen-bond donors (Lipinski definition) is 1. The van der Waals surface area contributed by atoms with Gasteiger partial charge in [-0.25, -0.2) is 0 Å². The second kappa shape index (κ2) is 5.54. The van der Waals surface area contributed by atoms with Crippen molar-refractivity contribution in [3.05, 3.63) is 42.0 Å². The van der Waals surface area contributed by atoms with Crippen molar-refractivity contribution in [2.24, 2.45) is 0 Å². The number of aromatic nitrogens is 2. The maximum absolute atomic E-state index is 5.30. The lowest BCUT2D eigenvalue weighted by Crippen LogP contribution is -2.13. The Hall–Kier alpha value is -1.33. The van der Waals surface area contributed by atoms with Crippen molar-refractivity contribution in [3.63, 3.8) is 0 Å². The molecule has 0 saturated carbocycles. The maximum atomic E-state index is 5.30. The molecule has 0 bridgehead atoms. The van der Waals surface area contributed by atoms with Crippen molar-refractivity contribution in [1.29, 1.82) is 0 Å². The Bertz CT molecular complexity index is 494. The molecule has 0 aliphatic carbocycles. The molecule has 1 fully saturated rings. The van der Waals surface area contributed by atoms with Gasteiger partial charge in [0.25, 0.3) is 0 Å². The molecule has 1 N–H and O–H groups in total. The van der Waals surface area contributed by atoms with E-state index in [1.54, 1.807) is 11.8 Å². The third-order valence-corrected chi connectivity index (χ3v) is 3.96. The van der Waals surface area contributed by atoms with Crippen molar-refractivity contribution >= 4 is 11.8 Å². The molecule has 3 rings (SSSR count). The summed E-state index contributed by atoms with van der Waals surface area (Å²) in [6, 6.07) is 10.5. The molecule has 1 saturated heterocycles. The first-order chi connectivity index (χ1) is 8.92. The largest absolute Gasteiger partial charge is 0.338 e. The highest BCUT2D eigenvalue weighted by Crippen LogP contribution is 2.24. The van der Waals surface area contributed by atoms with Crippen LogP contribution in [-0.4, -0.2) is 16.7 Å². The highest BCUT2D eigenvalue weighted by atomic mass is 32.2. The molecule has 1 aromatic heterocycles. The zero-order valence-electron chi connectivity index (χ0n) is 10.0. The van der Waals surface area contributed by atoms with Gasteiger partial charge in [-0.1, -0.05) is 23.4 Å². The van der Waals surface area contributed by atoms with Crippen LogP contribution >= 0.6 is 11.8 Å². The molecule has 1 aliphatic rings. The van der Waals surface area contributed by atoms with Crippen molar-refractivity contribution in [1.82, 2.24) is 15.5 Å². The van der Waals surface area contributed by atoms with E-state index in [9.17, 15) is 0 Å². The lowest BCUT2D eigenvalue weighted by atomic mass is 10.2. The fourth-order valence-electron chi connectivity index (χ4n) is 2.03. The Morgan fingerprint density at radius 2 is 2.22 bits per heavy atom. The van der Waals surface area contributed by atoms with E-state index >= 15 is 0 Å². The SMILES string of the molecule is c1ccc(SCc2noc(C3CCCN3)n2)cc1. The third kappa shape index (κ3) is 2.73. The number of thioether (sulfide) groups is 1. The summed E-state index contributed by atoms with van der Waals surface area (Å²) in [6.45, 7) is 1.04. The zero-order valence-corrected chi connectivity index (χ0v) is 10.8. The van der Waals surface area contributed by atoms with E-state index in [1.807, 2.05) is 18.2 Å². The normalized spacial score (nSPS) is 19.2. The first-order valence-electron chi connectivity index (χ1n) is 6.15. The van der Waals surface area contributed by atoms with E-state index in [-0.39, 0.29) is 6.04 Å². The van der Waals surface area contributed by atoms with Gasteiger partial charge >= 0.3 is 0 Å². The van der Waals surface area contributed by atoms with Crippen LogP contribution in [0.4, 0.5) is 0 Å². The summed E-state index contributed by atoms with van der Waals surface area (Å²) in [4.78, 5) is 5.67. The molecule has 2 aromatic rings. The summed E-state index contributed by atoms with van der Waals surface area (Å²) in [5.41, 5.74) is 0. The molecule has 1 aliphatic heterocycles. The smallest absolute Gasteiger partial charge is 0.243 e. The monoisotopic (exact) mass is 261 g/mol. The molecular weight excluding hydrogens is 246 g/mol. The van der Waals surface area contributed by atoms with Crippen molar-refractivity contribution < 1.29 is 4.52 Å². The van der Waals surface area contributed by atoms with E-state index in [0.717, 1.165) is 30.4 Å². The van der Waals surface area contributed by atoms with Crippen molar-refractivity contribution in [2.45, 2.75) is 29.5 Å². The second-order valence-electron chi connectivity index (χ2n) is 4.30. The van der Waals surface area contributed by atoms with Crippen molar-refractivity contribution in [3.8, 4) is 0 Å². The first-order valence-corrected chi connectivity index (χ1v) is 7.14. The lowest BCUT2D eigenvalue weighted by Gasteiger charge is -2.01. The maximum Gasteiger partial charge on any atom is 0.243 e. The van der Waals surface area contributed by atoms with Gasteiger partial charge in [0.05, 0.1) is 11.8 Å². The summed E-state index contributed by atoms with van der Waals surface area (Å²) in [5.74, 6) is 2.25. The average molecular weight is 261 g/mol. The quantitative estimate of drug-likeness (QED) is 0.858. The van der Waals surface area contributed by atoms with Gasteiger partial charge in [-0.05, 0) is 31.5 Å². The zero-order chi connectivity index (χ0) is 12.2. The molecule has 0 amide bonds. The molecule has 1 aromatic carbocycles. The second-order valence-corrected chi connectivity index (χ2v) is 5.35. The fourth-order valence-corrected chi connectivity index (χ4v) is 2.79. The van der Waals surface area contributed by atoms with E-state index in [2.05, 4.69) is 27.6 Å². The highest BCUT2D eigenvalue weighted by Gasteiger charge is 2.22. The minimum atomic E-state index is 0.257. The van der Waals surface area contributed by atoms with E-state index in [0.29, 0.717) is 0 Å². The van der Waals surface area contributed by atoms with Crippen LogP contribution in [0.15, 0.2) is 39.8 Å². The summed E-state index contributed by atoms with van der Waals surface area (Å²) in [7, 11) is 0. The van der Waals surface area contributed by atoms with Crippen LogP contribution in [0.3, 0.4) is 0 Å². The standard InChI is InChI=1S/C13H15N3OS/c1-2-5-10(6-3-1)18-9-12-15-13(17-16-12)11-7-4-8-14-11/h1-3,5-6,11,14H,4,7-9H2. The highest BCUT2D eigenvalue weighted by molar-refractivity contribution is 7.98. The number of nitrogens with zero attached hydrogens (tertiary/aromatic N) is 2. The van der Waals surface area contributed by atoms with Crippen LogP contribution in [0.5, 0.6) is 0 Å². The number of nitrogens with one attached hydrogen (secondary N) is 1. The number of hydrogen-bond acceptors (Lipinski definition) is 5. The van der Waals surface area contributed by atoms with Crippen LogP contribution in [0.25, 0.3) is 0 Å². The summed E-state index contributed by atoms with van der Waals surface area (Å²) in [5, 5.41) is 7.39. The van der Waals surface area contributed by atoms with Crippen LogP contribution in [-0.2, 0) is 5.75 Å². The first kappa shape index (κ1) is 11.7. The molecule has 5 heteroatoms. The van der Waals surface area contributed by atoms with Gasteiger partial charge in [0, 0.05) is 4.90 Å². The molecule has 4 nitrogen and oxygen atoms in total. The minimum Gasteiger partial charge on any atom is -0.338 e. The van der Waals surface area contributed by atoms with Gasteiger partial charge < -0.3 is 9.84 Å². The lowest BCUT2D eigenvalue weighted by molar-refractivity contribution is 0.342. The number of benzene rings is 1. The molecule has 2 heterocycles. The predicted molar refractivity (Wildman–Crippen MR) is 70.3 cm³/mol. The molecule has 1 unspecified atom stereocenters. The molecular formula is C13H15N3OS. The Morgan fingerprint density at radius 1 is 1.33 bits per heavy atom. The van der Waals surface area contributed by atoms with Gasteiger partial charge in [0.2, 0.25) is 5.89 Å². The summed E-state index contributed by atoms with van der Waals surface area (Å²) < 4.78 is 5.30. The fraction of sp³-hybridized carbons (Fsp3) is 0.385. The molecule has 0 radical (unpaired) electrons. The van der Waals surface area contributed by atoms with E-state index < -0.39 is 0 Å². The van der Waals surface area contributed by atoms with E-state index in [4.69, 9.17) is 4.52 Å². The van der Waals surface area contributed by atoms with E-state index in [1.165, 1.54) is 11.3 Å². The van der Waals surface area contributed by atoms with Gasteiger partial charge in [-0.15, -0.1) is 11.8 Å². The van der Waals surface area contributed by atoms with Crippen molar-refractivity contribution in [2.75, 3.05) is 6.54 Å². The number of rotatable bonds is 4. The minimum absolute atomic E-state index is 0.257. The molecule has 18 heavy (non-hydrogen) atoms. The average Bonchev–Trinajstić information content (AvgIpc) is 3.08. The van der Waals surface area contributed by atoms with Crippen LogP contribution in [0.2, 0.25) is 0 Å². The topological polar surface area (TPSA) is 51.0 Å². The summed E-state index contributed by atoms with van der Waals surface area (Å²) >= 11 is 1.72. The predicted octanol–water partition coefficient (Wildman–Crippen LogP) is 2.79. The Balaban J connectivity index is 1.60. The molecule has 0 spiro atoms. The van der Waals surface area contributed by atoms with Crippen LogP contribution in [0, 0.1) is 0 Å². The third-order valence-electron chi connectivity index (χ3n) is 2.95. The molecule has 94 valence electrons. The Kier molecular flexibility index (Phi) is 3.61. The summed E-state index contributed by atoms with van der Waals surface area (Å²) in [6.07, 6.45) is 2.27. The van der Waals surface area contributed by atoms with Gasteiger partial charge in [0.1, 0.15) is 0 Å². The van der Waals surface area contributed by atoms with Gasteiger partial charge in [-0.3, -0.25) is 0 Å². The Morgan fingerprint density at radius 3 is 3.00 bits per heavy atom. The Labute approximate surface area is 110 Å². The van der Waals surface area contributed by atoms with Gasteiger partial charge in [-0.2, -0.15) is 4.98 Å². The van der Waals surface area contributed by atoms with Crippen LogP contribution < -0.4 is 5.32 Å². The van der Waals surface area contributed by atoms with Gasteiger partial charge in [0.15, 0.2) is 5.82 Å². The van der Waals surface area contributed by atoms with Crippen LogP contribution in [0.1, 0.15) is 30.6 Å². The molecule has 1 atom stereocenters.